The lowest BCUT2D eigenvalue weighted by molar-refractivity contribution is 0.584. The van der Waals surface area contributed by atoms with Gasteiger partial charge in [0.1, 0.15) is 11.6 Å². The van der Waals surface area contributed by atoms with Gasteiger partial charge in [0.2, 0.25) is 10.0 Å². The van der Waals surface area contributed by atoms with E-state index in [1.165, 1.54) is 19.2 Å². The molecule has 1 aromatic heterocycles. The van der Waals surface area contributed by atoms with Crippen molar-refractivity contribution < 1.29 is 17.2 Å². The molecule has 3 aromatic rings. The molecule has 7 nitrogen and oxygen atoms in total. The Balaban J connectivity index is 1.89. The predicted molar refractivity (Wildman–Crippen MR) is 132 cm³/mol. The summed E-state index contributed by atoms with van der Waals surface area (Å²) in [6.45, 7) is 0.555. The summed E-state index contributed by atoms with van der Waals surface area (Å²) in [6, 6.07) is 12.0. The van der Waals surface area contributed by atoms with Gasteiger partial charge >= 0.3 is 0 Å². The van der Waals surface area contributed by atoms with Crippen molar-refractivity contribution >= 4 is 27.6 Å². The molecule has 0 radical (unpaired) electrons. The number of aromatic nitrogens is 1. The summed E-state index contributed by atoms with van der Waals surface area (Å²) in [7, 11) is -2.05. The molecule has 0 amide bonds. The molecule has 34 heavy (non-hydrogen) atoms. The number of allylic oxidation sites excluding steroid dienone is 1. The third-order valence-corrected chi connectivity index (χ3v) is 6.24. The minimum atomic E-state index is -3.40. The highest BCUT2D eigenvalue weighted by Gasteiger charge is 2.11. The Bertz CT molecular complexity index is 1280. The van der Waals surface area contributed by atoms with Gasteiger partial charge in [-0.15, -0.1) is 0 Å². The Hall–Kier alpha value is -3.63. The molecule has 3 rings (SSSR count). The quantitative estimate of drug-likeness (QED) is 0.381. The second-order valence-electron chi connectivity index (χ2n) is 7.34. The summed E-state index contributed by atoms with van der Waals surface area (Å²) in [6.07, 6.45) is 6.56. The molecule has 4 N–H and O–H groups in total. The molecule has 0 saturated carbocycles. The third-order valence-electron chi connectivity index (χ3n) is 4.88. The number of benzene rings is 2. The first kappa shape index (κ1) is 25.0. The number of hydrogen-bond donors (Lipinski definition) is 3. The van der Waals surface area contributed by atoms with Gasteiger partial charge in [-0.3, -0.25) is 9.98 Å². The van der Waals surface area contributed by atoms with Gasteiger partial charge in [-0.1, -0.05) is 12.1 Å². The molecule has 0 bridgehead atoms. The number of aliphatic imine (C=N–C) groups is 1. The second-order valence-corrected chi connectivity index (χ2v) is 9.39. The van der Waals surface area contributed by atoms with Gasteiger partial charge < -0.3 is 11.1 Å². The maximum atomic E-state index is 13.7. The van der Waals surface area contributed by atoms with E-state index in [0.717, 1.165) is 11.6 Å². The number of rotatable bonds is 10. The highest BCUT2D eigenvalue weighted by molar-refractivity contribution is 7.89. The van der Waals surface area contributed by atoms with Crippen molar-refractivity contribution in [2.24, 2.45) is 10.7 Å². The average molecular weight is 486 g/mol. The number of pyridine rings is 1. The Kier molecular flexibility index (Phi) is 8.44. The first-order valence-corrected chi connectivity index (χ1v) is 12.0. The maximum absolute atomic E-state index is 13.7. The fourth-order valence-electron chi connectivity index (χ4n) is 3.13. The summed E-state index contributed by atoms with van der Waals surface area (Å²) in [5, 5.41) is 3.06. The molecule has 0 fully saturated rings. The monoisotopic (exact) mass is 485 g/mol. The zero-order valence-corrected chi connectivity index (χ0v) is 19.3. The lowest BCUT2D eigenvalue weighted by Crippen LogP contribution is -2.26. The van der Waals surface area contributed by atoms with E-state index in [9.17, 15) is 17.2 Å². The van der Waals surface area contributed by atoms with Gasteiger partial charge in [-0.25, -0.2) is 21.9 Å². The number of halogens is 2. The molecule has 2 aromatic carbocycles. The lowest BCUT2D eigenvalue weighted by Gasteiger charge is -2.15. The highest BCUT2D eigenvalue weighted by Crippen LogP contribution is 2.29. The van der Waals surface area contributed by atoms with E-state index in [0.29, 0.717) is 34.6 Å². The van der Waals surface area contributed by atoms with Crippen LogP contribution in [0.3, 0.4) is 0 Å². The molecule has 10 heteroatoms. The number of nitrogens with two attached hydrogens (primary N) is 1. The topological polar surface area (TPSA) is 109 Å². The van der Waals surface area contributed by atoms with Crippen molar-refractivity contribution in [3.63, 3.8) is 0 Å². The minimum Gasteiger partial charge on any atom is -0.398 e. The van der Waals surface area contributed by atoms with Crippen molar-refractivity contribution in [1.82, 2.24) is 9.71 Å². The van der Waals surface area contributed by atoms with Gasteiger partial charge in [0.15, 0.2) is 0 Å². The maximum Gasteiger partial charge on any atom is 0.213 e. The molecule has 1 heterocycles. The van der Waals surface area contributed by atoms with Crippen molar-refractivity contribution in [1.29, 1.82) is 0 Å². The summed E-state index contributed by atoms with van der Waals surface area (Å²) in [5.74, 6) is -1.53. The SMILES string of the molecule is CNS(=O)(=O)CCNc1ccc(-c2cc(F)cc(F)c2)cc1C(N)=CC=NCc1cccnc1. The first-order valence-electron chi connectivity index (χ1n) is 10.4. The summed E-state index contributed by atoms with van der Waals surface area (Å²) in [5.41, 5.74) is 9.59. The van der Waals surface area contributed by atoms with Crippen LogP contribution in [0.25, 0.3) is 16.8 Å². The van der Waals surface area contributed by atoms with Crippen LogP contribution in [-0.2, 0) is 16.6 Å². The van der Waals surface area contributed by atoms with Crippen LogP contribution in [0.2, 0.25) is 0 Å². The molecule has 0 spiro atoms. The first-order chi connectivity index (χ1) is 16.3. The van der Waals surface area contributed by atoms with Crippen LogP contribution < -0.4 is 15.8 Å². The molecule has 0 aliphatic rings. The number of nitrogens with one attached hydrogen (secondary N) is 2. The van der Waals surface area contributed by atoms with Crippen LogP contribution in [-0.4, -0.2) is 39.0 Å². The molecular weight excluding hydrogens is 460 g/mol. The summed E-state index contributed by atoms with van der Waals surface area (Å²) in [4.78, 5) is 8.36. The normalized spacial score (nSPS) is 12.3. The van der Waals surface area contributed by atoms with Crippen LogP contribution in [0, 0.1) is 11.6 Å². The zero-order chi connectivity index (χ0) is 24.6. The molecule has 178 valence electrons. The fourth-order valence-corrected chi connectivity index (χ4v) is 3.71. The van der Waals surface area contributed by atoms with E-state index < -0.39 is 21.7 Å². The Morgan fingerprint density at radius 2 is 1.88 bits per heavy atom. The van der Waals surface area contributed by atoms with E-state index in [2.05, 4.69) is 20.0 Å². The number of nitrogens with zero attached hydrogens (tertiary/aromatic N) is 2. The Labute approximate surface area is 197 Å². The van der Waals surface area contributed by atoms with E-state index in [1.807, 2.05) is 12.1 Å². The van der Waals surface area contributed by atoms with Gasteiger partial charge in [0, 0.05) is 48.2 Å². The number of anilines is 1. The van der Waals surface area contributed by atoms with Crippen molar-refractivity contribution in [3.05, 3.63) is 89.8 Å². The van der Waals surface area contributed by atoms with Crippen LogP contribution in [0.5, 0.6) is 0 Å². The second kappa shape index (κ2) is 11.5. The van der Waals surface area contributed by atoms with Crippen molar-refractivity contribution in [3.8, 4) is 11.1 Å². The van der Waals surface area contributed by atoms with E-state index in [4.69, 9.17) is 5.73 Å². The minimum absolute atomic E-state index is 0.131. The van der Waals surface area contributed by atoms with E-state index in [1.54, 1.807) is 42.9 Å². The molecule has 0 aliphatic carbocycles. The highest BCUT2D eigenvalue weighted by atomic mass is 32.2. The molecule has 0 atom stereocenters. The average Bonchev–Trinajstić information content (AvgIpc) is 2.82. The standard InChI is InChI=1S/C24H25F2N5O2S/c1-28-34(32,33)10-9-31-24-5-4-18(19-11-20(25)14-21(26)12-19)13-22(24)23(27)6-8-30-16-17-3-2-7-29-15-17/h2-8,11-15,28,31H,9-10,16,27H2,1H3. The van der Waals surface area contributed by atoms with Gasteiger partial charge in [-0.05, 0) is 60.1 Å². The lowest BCUT2D eigenvalue weighted by atomic mass is 9.99. The number of hydrogen-bond acceptors (Lipinski definition) is 6. The Morgan fingerprint density at radius 1 is 1.12 bits per heavy atom. The van der Waals surface area contributed by atoms with Crippen LogP contribution in [0.15, 0.2) is 72.0 Å². The molecule has 0 unspecified atom stereocenters. The van der Waals surface area contributed by atoms with Gasteiger partial charge in [-0.2, -0.15) is 0 Å². The Morgan fingerprint density at radius 3 is 2.56 bits per heavy atom. The van der Waals surface area contributed by atoms with Crippen molar-refractivity contribution in [2.45, 2.75) is 6.54 Å². The van der Waals surface area contributed by atoms with E-state index >= 15 is 0 Å². The van der Waals surface area contributed by atoms with Crippen LogP contribution in [0.4, 0.5) is 14.5 Å². The van der Waals surface area contributed by atoms with Crippen LogP contribution >= 0.6 is 0 Å². The zero-order valence-electron chi connectivity index (χ0n) is 18.5. The van der Waals surface area contributed by atoms with Gasteiger partial charge in [0.25, 0.3) is 0 Å². The summed E-state index contributed by atoms with van der Waals surface area (Å²) >= 11 is 0. The molecular formula is C24H25F2N5O2S. The number of sulfonamides is 1. The van der Waals surface area contributed by atoms with E-state index in [-0.39, 0.29) is 12.3 Å². The fraction of sp³-hybridized carbons (Fsp3) is 0.167. The largest absolute Gasteiger partial charge is 0.398 e. The smallest absolute Gasteiger partial charge is 0.213 e. The van der Waals surface area contributed by atoms with Crippen molar-refractivity contribution in [2.75, 3.05) is 24.7 Å². The third kappa shape index (κ3) is 7.19. The predicted octanol–water partition coefficient (Wildman–Crippen LogP) is 3.56. The van der Waals surface area contributed by atoms with Crippen LogP contribution in [0.1, 0.15) is 11.1 Å². The summed E-state index contributed by atoms with van der Waals surface area (Å²) < 4.78 is 53.2. The molecule has 0 saturated heterocycles. The molecule has 0 aliphatic heterocycles. The van der Waals surface area contributed by atoms with Gasteiger partial charge in [0.05, 0.1) is 12.3 Å².